The van der Waals surface area contributed by atoms with E-state index in [1.165, 1.54) is 0 Å². The van der Waals surface area contributed by atoms with Gasteiger partial charge >= 0.3 is 0 Å². The molecule has 3 nitrogen and oxygen atoms in total. The fourth-order valence-corrected chi connectivity index (χ4v) is 1.98. The van der Waals surface area contributed by atoms with Gasteiger partial charge in [-0.2, -0.15) is 0 Å². The van der Waals surface area contributed by atoms with Crippen LogP contribution in [0.5, 0.6) is 0 Å². The Labute approximate surface area is 78.0 Å². The quantitative estimate of drug-likeness (QED) is 0.575. The molecular weight excluding hydrogens is 166 g/mol. The number of allylic oxidation sites excluding steroid dienone is 2. The van der Waals surface area contributed by atoms with Gasteiger partial charge in [-0.05, 0) is 25.3 Å². The molecule has 0 radical (unpaired) electrons. The SMILES string of the molecule is OC1CCCC(O)N2C=CC=CC12. The van der Waals surface area contributed by atoms with Crippen LogP contribution in [0.1, 0.15) is 19.3 Å². The van der Waals surface area contributed by atoms with E-state index in [9.17, 15) is 10.2 Å². The van der Waals surface area contributed by atoms with Crippen LogP contribution in [-0.4, -0.2) is 33.5 Å². The second-order valence-corrected chi connectivity index (χ2v) is 3.64. The number of aliphatic hydroxyl groups excluding tert-OH is 2. The van der Waals surface area contributed by atoms with Crippen molar-refractivity contribution in [3.63, 3.8) is 0 Å². The Morgan fingerprint density at radius 3 is 2.85 bits per heavy atom. The van der Waals surface area contributed by atoms with Gasteiger partial charge in [-0.15, -0.1) is 0 Å². The predicted molar refractivity (Wildman–Crippen MR) is 49.8 cm³/mol. The Hall–Kier alpha value is -0.800. The molecule has 0 aromatic heterocycles. The summed E-state index contributed by atoms with van der Waals surface area (Å²) in [5.74, 6) is 0. The molecule has 2 aliphatic rings. The van der Waals surface area contributed by atoms with Crippen LogP contribution >= 0.6 is 0 Å². The molecule has 0 aliphatic carbocycles. The van der Waals surface area contributed by atoms with Crippen molar-refractivity contribution in [3.8, 4) is 0 Å². The zero-order valence-corrected chi connectivity index (χ0v) is 7.50. The zero-order valence-electron chi connectivity index (χ0n) is 7.50. The van der Waals surface area contributed by atoms with Crippen molar-refractivity contribution < 1.29 is 10.2 Å². The Morgan fingerprint density at radius 2 is 2.00 bits per heavy atom. The highest BCUT2D eigenvalue weighted by atomic mass is 16.3. The maximum atomic E-state index is 9.76. The number of fused-ring (bicyclic) bond motifs is 1. The summed E-state index contributed by atoms with van der Waals surface area (Å²) in [5.41, 5.74) is 0. The molecule has 1 saturated heterocycles. The van der Waals surface area contributed by atoms with Crippen LogP contribution in [0.4, 0.5) is 0 Å². The first-order chi connectivity index (χ1) is 6.29. The van der Waals surface area contributed by atoms with Crippen molar-refractivity contribution in [1.29, 1.82) is 0 Å². The number of nitrogens with zero attached hydrogens (tertiary/aromatic N) is 1. The van der Waals surface area contributed by atoms with E-state index in [1.807, 2.05) is 29.3 Å². The fourth-order valence-electron chi connectivity index (χ4n) is 1.98. The van der Waals surface area contributed by atoms with Crippen LogP contribution in [0.15, 0.2) is 24.4 Å². The molecule has 0 saturated carbocycles. The maximum Gasteiger partial charge on any atom is 0.127 e. The number of aliphatic hydroxyl groups is 2. The average molecular weight is 181 g/mol. The molecule has 2 N–H and O–H groups in total. The molecule has 3 heteroatoms. The Balaban J connectivity index is 2.20. The van der Waals surface area contributed by atoms with E-state index in [2.05, 4.69) is 0 Å². The molecule has 1 fully saturated rings. The smallest absolute Gasteiger partial charge is 0.127 e. The van der Waals surface area contributed by atoms with Crippen molar-refractivity contribution in [3.05, 3.63) is 24.4 Å². The van der Waals surface area contributed by atoms with E-state index in [1.54, 1.807) is 0 Å². The summed E-state index contributed by atoms with van der Waals surface area (Å²) in [7, 11) is 0. The van der Waals surface area contributed by atoms with Crippen LogP contribution in [0.2, 0.25) is 0 Å². The molecule has 13 heavy (non-hydrogen) atoms. The maximum absolute atomic E-state index is 9.76. The van der Waals surface area contributed by atoms with Gasteiger partial charge in [0.2, 0.25) is 0 Å². The summed E-state index contributed by atoms with van der Waals surface area (Å²) < 4.78 is 0. The lowest BCUT2D eigenvalue weighted by Gasteiger charge is -2.34. The van der Waals surface area contributed by atoms with Crippen LogP contribution in [0.25, 0.3) is 0 Å². The average Bonchev–Trinajstić information content (AvgIpc) is 2.29. The summed E-state index contributed by atoms with van der Waals surface area (Å²) in [5, 5.41) is 19.5. The Kier molecular flexibility index (Phi) is 2.38. The molecule has 3 unspecified atom stereocenters. The van der Waals surface area contributed by atoms with E-state index in [0.29, 0.717) is 0 Å². The third-order valence-electron chi connectivity index (χ3n) is 2.72. The summed E-state index contributed by atoms with van der Waals surface area (Å²) >= 11 is 0. The summed E-state index contributed by atoms with van der Waals surface area (Å²) in [4.78, 5) is 1.83. The largest absolute Gasteiger partial charge is 0.391 e. The van der Waals surface area contributed by atoms with Crippen molar-refractivity contribution in [2.75, 3.05) is 0 Å². The van der Waals surface area contributed by atoms with Gasteiger partial charge in [0.25, 0.3) is 0 Å². The molecular formula is C10H15NO2. The highest BCUT2D eigenvalue weighted by molar-refractivity contribution is 5.15. The van der Waals surface area contributed by atoms with E-state index in [4.69, 9.17) is 0 Å². The van der Waals surface area contributed by atoms with Crippen molar-refractivity contribution >= 4 is 0 Å². The van der Waals surface area contributed by atoms with Gasteiger partial charge in [0.05, 0.1) is 12.1 Å². The van der Waals surface area contributed by atoms with E-state index in [0.717, 1.165) is 19.3 Å². The standard InChI is InChI=1S/C10H15NO2/c12-9-5-3-6-10(13)11-7-2-1-4-8(9)11/h1-2,4,7-10,12-13H,3,5-6H2. The van der Waals surface area contributed by atoms with Crippen molar-refractivity contribution in [2.24, 2.45) is 0 Å². The summed E-state index contributed by atoms with van der Waals surface area (Å²) in [6.45, 7) is 0. The van der Waals surface area contributed by atoms with Crippen LogP contribution in [0, 0.1) is 0 Å². The van der Waals surface area contributed by atoms with Gasteiger partial charge < -0.3 is 15.1 Å². The second kappa shape index (κ2) is 3.52. The lowest BCUT2D eigenvalue weighted by atomic mass is 10.0. The summed E-state index contributed by atoms with van der Waals surface area (Å²) in [6, 6.07) is -0.0394. The van der Waals surface area contributed by atoms with E-state index in [-0.39, 0.29) is 12.1 Å². The Bertz CT molecular complexity index is 213. The minimum Gasteiger partial charge on any atom is -0.391 e. The van der Waals surface area contributed by atoms with Gasteiger partial charge in [0.1, 0.15) is 6.23 Å². The highest BCUT2D eigenvalue weighted by Gasteiger charge is 2.30. The molecule has 0 aromatic rings. The third kappa shape index (κ3) is 1.62. The monoisotopic (exact) mass is 181 g/mol. The van der Waals surface area contributed by atoms with Gasteiger partial charge in [-0.1, -0.05) is 12.2 Å². The fraction of sp³-hybridized carbons (Fsp3) is 0.600. The van der Waals surface area contributed by atoms with Crippen molar-refractivity contribution in [2.45, 2.75) is 37.6 Å². The van der Waals surface area contributed by atoms with E-state index < -0.39 is 6.23 Å². The predicted octanol–water partition coefficient (Wildman–Crippen LogP) is 0.604. The first-order valence-corrected chi connectivity index (χ1v) is 4.77. The lowest BCUT2D eigenvalue weighted by Crippen LogP contribution is -2.43. The van der Waals surface area contributed by atoms with Crippen LogP contribution < -0.4 is 0 Å². The van der Waals surface area contributed by atoms with Crippen molar-refractivity contribution in [1.82, 2.24) is 4.90 Å². The van der Waals surface area contributed by atoms with Gasteiger partial charge in [0.15, 0.2) is 0 Å². The lowest BCUT2D eigenvalue weighted by molar-refractivity contribution is -0.00358. The molecule has 3 atom stereocenters. The first kappa shape index (κ1) is 8.78. The third-order valence-corrected chi connectivity index (χ3v) is 2.72. The van der Waals surface area contributed by atoms with Gasteiger partial charge in [-0.25, -0.2) is 0 Å². The molecule has 72 valence electrons. The number of rotatable bonds is 0. The van der Waals surface area contributed by atoms with Crippen LogP contribution in [0.3, 0.4) is 0 Å². The molecule has 0 amide bonds. The topological polar surface area (TPSA) is 43.7 Å². The number of hydrogen-bond donors (Lipinski definition) is 2. The van der Waals surface area contributed by atoms with Gasteiger partial charge in [0, 0.05) is 6.20 Å². The highest BCUT2D eigenvalue weighted by Crippen LogP contribution is 2.24. The minimum atomic E-state index is -0.441. The number of hydrogen-bond acceptors (Lipinski definition) is 3. The first-order valence-electron chi connectivity index (χ1n) is 4.77. The van der Waals surface area contributed by atoms with Crippen LogP contribution in [-0.2, 0) is 0 Å². The second-order valence-electron chi connectivity index (χ2n) is 3.64. The minimum absolute atomic E-state index is 0.0394. The Morgan fingerprint density at radius 1 is 1.15 bits per heavy atom. The molecule has 0 aromatic carbocycles. The molecule has 2 heterocycles. The summed E-state index contributed by atoms with van der Waals surface area (Å²) in [6.07, 6.45) is 9.21. The zero-order chi connectivity index (χ0) is 9.26. The molecule has 0 spiro atoms. The molecule has 2 aliphatic heterocycles. The normalized spacial score (nSPS) is 38.6. The van der Waals surface area contributed by atoms with Gasteiger partial charge in [-0.3, -0.25) is 0 Å². The molecule has 2 rings (SSSR count). The van der Waals surface area contributed by atoms with E-state index >= 15 is 0 Å². The molecule has 0 bridgehead atoms.